The molecule has 0 aliphatic heterocycles. The molecule has 5 heteroatoms. The first-order valence-corrected chi connectivity index (χ1v) is 17.3. The molecule has 0 saturated heterocycles. The number of hydrogen-bond donors (Lipinski definition) is 1. The number of benzene rings is 3. The largest absolute Gasteiger partial charge is 0.462 e. The Morgan fingerprint density at radius 2 is 1.47 bits per heavy atom. The van der Waals surface area contributed by atoms with Crippen LogP contribution in [0.15, 0.2) is 115 Å². The molecule has 244 valence electrons. The van der Waals surface area contributed by atoms with Crippen LogP contribution in [0.3, 0.4) is 0 Å². The molecule has 7 rings (SSSR count). The molecule has 0 aromatic heterocycles. The van der Waals surface area contributed by atoms with Gasteiger partial charge in [0.1, 0.15) is 11.7 Å². The number of ether oxygens (including phenoxy) is 2. The molecule has 0 radical (unpaired) electrons. The Bertz CT molecular complexity index is 1570. The van der Waals surface area contributed by atoms with Gasteiger partial charge in [-0.15, -0.1) is 0 Å². The number of rotatable bonds is 8. The molecular formula is C42H46O5. The zero-order chi connectivity index (χ0) is 32.8. The zero-order valence-electron chi connectivity index (χ0n) is 27.7. The number of aliphatic hydroxyl groups excluding tert-OH is 1. The van der Waals surface area contributed by atoms with Gasteiger partial charge in [0.05, 0.1) is 18.6 Å². The number of fused-ring (bicyclic) bond motifs is 5. The summed E-state index contributed by atoms with van der Waals surface area (Å²) >= 11 is 0. The first-order valence-electron chi connectivity index (χ1n) is 17.3. The first kappa shape index (κ1) is 31.8. The molecular weight excluding hydrogens is 584 g/mol. The summed E-state index contributed by atoms with van der Waals surface area (Å²) in [7, 11) is 0. The average molecular weight is 631 g/mol. The Hall–Kier alpha value is -3.80. The minimum absolute atomic E-state index is 0.0469. The molecule has 5 nitrogen and oxygen atoms in total. The fraction of sp³-hybridized carbons (Fsp3) is 0.429. The minimum Gasteiger partial charge on any atom is -0.462 e. The highest BCUT2D eigenvalue weighted by atomic mass is 16.6. The molecule has 3 aromatic carbocycles. The Labute approximate surface area is 278 Å². The van der Waals surface area contributed by atoms with Gasteiger partial charge in [0.2, 0.25) is 0 Å². The van der Waals surface area contributed by atoms with Crippen molar-refractivity contribution in [3.05, 3.63) is 131 Å². The summed E-state index contributed by atoms with van der Waals surface area (Å²) in [6, 6.07) is 30.6. The molecule has 7 unspecified atom stereocenters. The van der Waals surface area contributed by atoms with Crippen molar-refractivity contribution in [3.8, 4) is 0 Å². The average Bonchev–Trinajstić information content (AvgIpc) is 3.39. The minimum atomic E-state index is -0.918. The van der Waals surface area contributed by atoms with Crippen LogP contribution in [0.5, 0.6) is 0 Å². The van der Waals surface area contributed by atoms with Crippen molar-refractivity contribution in [2.24, 2.45) is 28.6 Å². The van der Waals surface area contributed by atoms with Crippen LogP contribution in [0.4, 0.5) is 0 Å². The summed E-state index contributed by atoms with van der Waals surface area (Å²) in [5, 5.41) is 11.7. The summed E-state index contributed by atoms with van der Waals surface area (Å²) < 4.78 is 13.4. The second-order valence-electron chi connectivity index (χ2n) is 14.8. The van der Waals surface area contributed by atoms with E-state index in [2.05, 4.69) is 50.2 Å². The van der Waals surface area contributed by atoms with E-state index in [1.807, 2.05) is 67.6 Å². The van der Waals surface area contributed by atoms with Crippen LogP contribution in [-0.2, 0) is 24.7 Å². The van der Waals surface area contributed by atoms with Crippen molar-refractivity contribution >= 4 is 11.8 Å². The van der Waals surface area contributed by atoms with Gasteiger partial charge in [-0.2, -0.15) is 0 Å². The van der Waals surface area contributed by atoms with Gasteiger partial charge in [0.25, 0.3) is 0 Å². The summed E-state index contributed by atoms with van der Waals surface area (Å²) in [6.07, 6.45) is 8.60. The second kappa shape index (κ2) is 12.3. The normalized spacial score (nSPS) is 32.0. The van der Waals surface area contributed by atoms with Crippen LogP contribution in [0.25, 0.3) is 0 Å². The molecule has 0 amide bonds. The van der Waals surface area contributed by atoms with Crippen molar-refractivity contribution in [1.82, 2.24) is 0 Å². The monoisotopic (exact) mass is 630 g/mol. The molecule has 3 saturated carbocycles. The zero-order valence-corrected chi connectivity index (χ0v) is 27.7. The SMILES string of the molecule is C[C@H](CC(=O)OC1CCC2C3CCC4=CC(=O)C=CC4(C)C3C(O)CC12C)OC(c1ccccc1)(c1ccccc1)c1ccccc1. The van der Waals surface area contributed by atoms with Gasteiger partial charge in [-0.3, -0.25) is 9.59 Å². The second-order valence-corrected chi connectivity index (χ2v) is 14.8. The lowest BCUT2D eigenvalue weighted by Gasteiger charge is -2.58. The lowest BCUT2D eigenvalue weighted by Crippen LogP contribution is -2.56. The number of carbonyl (C=O) groups is 2. The van der Waals surface area contributed by atoms with E-state index in [9.17, 15) is 14.7 Å². The molecule has 4 aliphatic carbocycles. The first-order chi connectivity index (χ1) is 22.6. The van der Waals surface area contributed by atoms with E-state index in [0.717, 1.165) is 47.9 Å². The Balaban J connectivity index is 1.10. The highest BCUT2D eigenvalue weighted by Crippen LogP contribution is 2.65. The van der Waals surface area contributed by atoms with Crippen LogP contribution in [0, 0.1) is 28.6 Å². The summed E-state index contributed by atoms with van der Waals surface area (Å²) in [5.41, 5.74) is 2.61. The Kier molecular flexibility index (Phi) is 8.34. The topological polar surface area (TPSA) is 72.8 Å². The molecule has 0 spiro atoms. The fourth-order valence-electron chi connectivity index (χ4n) is 9.98. The Morgan fingerprint density at radius 3 is 2.04 bits per heavy atom. The highest BCUT2D eigenvalue weighted by Gasteiger charge is 2.62. The van der Waals surface area contributed by atoms with E-state index in [1.54, 1.807) is 12.2 Å². The molecule has 1 N–H and O–H groups in total. The summed E-state index contributed by atoms with van der Waals surface area (Å²) in [6.45, 7) is 6.37. The number of carbonyl (C=O) groups excluding carboxylic acids is 2. The summed E-state index contributed by atoms with van der Waals surface area (Å²) in [5.74, 6) is 0.519. The van der Waals surface area contributed by atoms with Crippen molar-refractivity contribution in [1.29, 1.82) is 0 Å². The van der Waals surface area contributed by atoms with Crippen molar-refractivity contribution in [3.63, 3.8) is 0 Å². The number of hydrogen-bond acceptors (Lipinski definition) is 5. The lowest BCUT2D eigenvalue weighted by atomic mass is 9.47. The third-order valence-corrected chi connectivity index (χ3v) is 12.1. The third kappa shape index (κ3) is 5.42. The van der Waals surface area contributed by atoms with Crippen LogP contribution in [0.2, 0.25) is 0 Å². The number of aliphatic hydroxyl groups is 1. The van der Waals surface area contributed by atoms with E-state index < -0.39 is 17.8 Å². The van der Waals surface area contributed by atoms with Gasteiger partial charge >= 0.3 is 5.97 Å². The van der Waals surface area contributed by atoms with E-state index >= 15 is 0 Å². The van der Waals surface area contributed by atoms with Crippen LogP contribution in [0.1, 0.15) is 76.0 Å². The predicted octanol–water partition coefficient (Wildman–Crippen LogP) is 7.96. The van der Waals surface area contributed by atoms with Crippen molar-refractivity contribution < 1.29 is 24.2 Å². The molecule has 0 heterocycles. The number of allylic oxidation sites excluding steroid dienone is 4. The molecule has 4 aliphatic rings. The smallest absolute Gasteiger partial charge is 0.308 e. The van der Waals surface area contributed by atoms with E-state index in [-0.39, 0.29) is 41.0 Å². The predicted molar refractivity (Wildman–Crippen MR) is 182 cm³/mol. The van der Waals surface area contributed by atoms with E-state index in [0.29, 0.717) is 18.3 Å². The van der Waals surface area contributed by atoms with Gasteiger partial charge in [0, 0.05) is 16.7 Å². The molecule has 47 heavy (non-hydrogen) atoms. The number of ketones is 1. The molecule has 3 aromatic rings. The molecule has 3 fully saturated rings. The van der Waals surface area contributed by atoms with Crippen LogP contribution >= 0.6 is 0 Å². The maximum Gasteiger partial charge on any atom is 0.308 e. The van der Waals surface area contributed by atoms with Gasteiger partial charge < -0.3 is 14.6 Å². The maximum atomic E-state index is 13.7. The Morgan fingerprint density at radius 1 is 0.894 bits per heavy atom. The molecule has 0 bridgehead atoms. The van der Waals surface area contributed by atoms with Gasteiger partial charge in [-0.1, -0.05) is 116 Å². The van der Waals surface area contributed by atoms with Crippen LogP contribution in [-0.4, -0.2) is 35.2 Å². The quantitative estimate of drug-likeness (QED) is 0.202. The number of esters is 1. The lowest BCUT2D eigenvalue weighted by molar-refractivity contribution is -0.171. The van der Waals surface area contributed by atoms with Gasteiger partial charge in [0.15, 0.2) is 5.78 Å². The molecule has 8 atom stereocenters. The van der Waals surface area contributed by atoms with E-state index in [4.69, 9.17) is 9.47 Å². The third-order valence-electron chi connectivity index (χ3n) is 12.1. The standard InChI is InChI=1S/C42H46O5/c1-28(47-42(29-13-7-4-8-14-29,30-15-9-5-10-16-30)31-17-11-6-12-18-31)25-38(45)46-37-22-21-35-34-20-19-32-26-33(43)23-24-40(32,2)39(34)36(44)27-41(35,37)3/h4-18,23-24,26,28,34-37,39,44H,19-22,25,27H2,1-3H3/t28-,34?,35?,36?,37?,39?,40?,41?/m1/s1. The van der Waals surface area contributed by atoms with Gasteiger partial charge in [-0.05, 0) is 79.7 Å². The fourth-order valence-corrected chi connectivity index (χ4v) is 9.98. The summed E-state index contributed by atoms with van der Waals surface area (Å²) in [4.78, 5) is 25.9. The van der Waals surface area contributed by atoms with E-state index in [1.165, 1.54) is 0 Å². The highest BCUT2D eigenvalue weighted by molar-refractivity contribution is 6.01. The van der Waals surface area contributed by atoms with Gasteiger partial charge in [-0.25, -0.2) is 0 Å². The van der Waals surface area contributed by atoms with Crippen molar-refractivity contribution in [2.45, 2.75) is 83.2 Å². The van der Waals surface area contributed by atoms with Crippen molar-refractivity contribution in [2.75, 3.05) is 0 Å². The maximum absolute atomic E-state index is 13.7. The van der Waals surface area contributed by atoms with Crippen LogP contribution < -0.4 is 0 Å².